The molecule has 0 saturated carbocycles. The predicted octanol–water partition coefficient (Wildman–Crippen LogP) is 2.55. The molecule has 2 aromatic heterocycles. The number of ether oxygens (including phenoxy) is 1. The molecule has 4 N–H and O–H groups in total. The van der Waals surface area contributed by atoms with Crippen LogP contribution in [0.2, 0.25) is 0 Å². The summed E-state index contributed by atoms with van der Waals surface area (Å²) < 4.78 is 31.3. The summed E-state index contributed by atoms with van der Waals surface area (Å²) in [5.74, 6) is 1.07. The van der Waals surface area contributed by atoms with Gasteiger partial charge in [0.25, 0.3) is 0 Å². The lowest BCUT2D eigenvalue weighted by molar-refractivity contribution is 0.165. The fraction of sp³-hybridized carbons (Fsp3) is 0.261. The fourth-order valence-electron chi connectivity index (χ4n) is 3.98. The lowest BCUT2D eigenvalue weighted by Gasteiger charge is -2.25. The molecule has 3 heterocycles. The highest BCUT2D eigenvalue weighted by Gasteiger charge is 2.21. The summed E-state index contributed by atoms with van der Waals surface area (Å²) in [4.78, 5) is 9.23. The molecule has 10 nitrogen and oxygen atoms in total. The predicted molar refractivity (Wildman–Crippen MR) is 129 cm³/mol. The minimum absolute atomic E-state index is 0.0382. The van der Waals surface area contributed by atoms with Crippen molar-refractivity contribution in [3.05, 3.63) is 55.0 Å². The zero-order valence-electron chi connectivity index (χ0n) is 18.6. The molecule has 5 rings (SSSR count). The summed E-state index contributed by atoms with van der Waals surface area (Å²) in [5.41, 5.74) is 3.19. The SMILES string of the molecule is Cn1cc(-c2ccc3cnc(Nc4ccc(S(N)(=O)=O)cc4)nc3c2OC2CCNCC2)cn1. The largest absolute Gasteiger partial charge is 0.487 e. The van der Waals surface area contributed by atoms with Crippen LogP contribution in [0.15, 0.2) is 59.9 Å². The van der Waals surface area contributed by atoms with E-state index in [1.165, 1.54) is 12.1 Å². The summed E-state index contributed by atoms with van der Waals surface area (Å²) in [5, 5.41) is 16.8. The molecular weight excluding hydrogens is 454 g/mol. The number of sulfonamides is 1. The Morgan fingerprint density at radius 3 is 2.56 bits per heavy atom. The number of aromatic nitrogens is 4. The number of fused-ring (bicyclic) bond motifs is 1. The Kier molecular flexibility index (Phi) is 5.90. The number of hydrogen-bond donors (Lipinski definition) is 3. The van der Waals surface area contributed by atoms with Gasteiger partial charge in [0.15, 0.2) is 5.75 Å². The second kappa shape index (κ2) is 9.01. The highest BCUT2D eigenvalue weighted by atomic mass is 32.2. The van der Waals surface area contributed by atoms with Crippen molar-refractivity contribution in [1.29, 1.82) is 0 Å². The van der Waals surface area contributed by atoms with Gasteiger partial charge in [0.2, 0.25) is 16.0 Å². The highest BCUT2D eigenvalue weighted by Crippen LogP contribution is 2.37. The number of aryl methyl sites for hydroxylation is 1. The van der Waals surface area contributed by atoms with Gasteiger partial charge in [0.05, 0.1) is 11.1 Å². The third-order valence-electron chi connectivity index (χ3n) is 5.73. The lowest BCUT2D eigenvalue weighted by Crippen LogP contribution is -2.34. The Bertz CT molecular complexity index is 1430. The number of piperidine rings is 1. The normalized spacial score (nSPS) is 14.9. The molecule has 0 spiro atoms. The van der Waals surface area contributed by atoms with Crippen LogP contribution in [0.4, 0.5) is 11.6 Å². The van der Waals surface area contributed by atoms with Crippen LogP contribution in [0.3, 0.4) is 0 Å². The summed E-state index contributed by atoms with van der Waals surface area (Å²) in [6, 6.07) is 10.1. The van der Waals surface area contributed by atoms with Gasteiger partial charge in [-0.1, -0.05) is 6.07 Å². The smallest absolute Gasteiger partial charge is 0.238 e. The van der Waals surface area contributed by atoms with Crippen molar-refractivity contribution in [1.82, 2.24) is 25.1 Å². The van der Waals surface area contributed by atoms with Crippen LogP contribution in [0.5, 0.6) is 5.75 Å². The number of primary sulfonamides is 1. The van der Waals surface area contributed by atoms with Gasteiger partial charge in [-0.3, -0.25) is 4.68 Å². The van der Waals surface area contributed by atoms with E-state index in [1.807, 2.05) is 31.6 Å². The van der Waals surface area contributed by atoms with Crippen LogP contribution < -0.4 is 20.5 Å². The van der Waals surface area contributed by atoms with E-state index < -0.39 is 10.0 Å². The second-order valence-corrected chi connectivity index (χ2v) is 9.80. The molecular formula is C23H25N7O3S. The number of rotatable bonds is 6. The third-order valence-corrected chi connectivity index (χ3v) is 6.66. The first-order chi connectivity index (χ1) is 16.4. The Morgan fingerprint density at radius 2 is 1.88 bits per heavy atom. The zero-order chi connectivity index (χ0) is 23.7. The molecule has 0 amide bonds. The van der Waals surface area contributed by atoms with E-state index in [0.717, 1.165) is 42.4 Å². The molecule has 1 aliphatic heterocycles. The molecule has 176 valence electrons. The average Bonchev–Trinajstić information content (AvgIpc) is 3.26. The van der Waals surface area contributed by atoms with Gasteiger partial charge in [-0.15, -0.1) is 0 Å². The average molecular weight is 480 g/mol. The number of benzene rings is 2. The maximum absolute atomic E-state index is 11.5. The number of nitrogens with one attached hydrogen (secondary N) is 2. The van der Waals surface area contributed by atoms with Crippen LogP contribution in [-0.2, 0) is 17.1 Å². The molecule has 4 aromatic rings. The van der Waals surface area contributed by atoms with Gasteiger partial charge in [-0.25, -0.2) is 23.5 Å². The van der Waals surface area contributed by atoms with E-state index >= 15 is 0 Å². The first kappa shape index (κ1) is 22.3. The molecule has 1 aliphatic rings. The van der Waals surface area contributed by atoms with Crippen molar-refractivity contribution >= 4 is 32.6 Å². The molecule has 0 unspecified atom stereocenters. The topological polar surface area (TPSA) is 137 Å². The van der Waals surface area contributed by atoms with E-state index in [2.05, 4.69) is 20.7 Å². The Hall–Kier alpha value is -3.54. The quantitative estimate of drug-likeness (QED) is 0.384. The first-order valence-electron chi connectivity index (χ1n) is 10.9. The fourth-order valence-corrected chi connectivity index (χ4v) is 4.49. The van der Waals surface area contributed by atoms with Crippen molar-refractivity contribution in [2.45, 2.75) is 23.8 Å². The van der Waals surface area contributed by atoms with Gasteiger partial charge < -0.3 is 15.4 Å². The monoisotopic (exact) mass is 479 g/mol. The summed E-state index contributed by atoms with van der Waals surface area (Å²) >= 11 is 0. The summed E-state index contributed by atoms with van der Waals surface area (Å²) in [6.07, 6.45) is 7.41. The van der Waals surface area contributed by atoms with E-state index in [1.54, 1.807) is 23.0 Å². The van der Waals surface area contributed by atoms with Crippen molar-refractivity contribution in [3.8, 4) is 16.9 Å². The van der Waals surface area contributed by atoms with Crippen LogP contribution >= 0.6 is 0 Å². The Balaban J connectivity index is 1.54. The maximum atomic E-state index is 11.5. The Morgan fingerprint density at radius 1 is 1.12 bits per heavy atom. The summed E-state index contributed by atoms with van der Waals surface area (Å²) in [7, 11) is -1.88. The van der Waals surface area contributed by atoms with Crippen molar-refractivity contribution < 1.29 is 13.2 Å². The van der Waals surface area contributed by atoms with E-state index in [4.69, 9.17) is 14.9 Å². The van der Waals surface area contributed by atoms with Crippen LogP contribution in [-0.4, -0.2) is 47.4 Å². The second-order valence-electron chi connectivity index (χ2n) is 8.24. The van der Waals surface area contributed by atoms with Gasteiger partial charge in [0.1, 0.15) is 11.6 Å². The molecule has 34 heavy (non-hydrogen) atoms. The first-order valence-corrected chi connectivity index (χ1v) is 12.5. The van der Waals surface area contributed by atoms with Crippen molar-refractivity contribution in [2.24, 2.45) is 12.2 Å². The molecule has 11 heteroatoms. The molecule has 1 saturated heterocycles. The van der Waals surface area contributed by atoms with Crippen LogP contribution in [0, 0.1) is 0 Å². The molecule has 0 radical (unpaired) electrons. The molecule has 0 atom stereocenters. The third kappa shape index (κ3) is 4.72. The molecule has 2 aromatic carbocycles. The number of nitrogens with two attached hydrogens (primary N) is 1. The number of hydrogen-bond acceptors (Lipinski definition) is 8. The maximum Gasteiger partial charge on any atom is 0.238 e. The van der Waals surface area contributed by atoms with Gasteiger partial charge in [-0.05, 0) is 56.3 Å². The van der Waals surface area contributed by atoms with Gasteiger partial charge >= 0.3 is 0 Å². The zero-order valence-corrected chi connectivity index (χ0v) is 19.4. The van der Waals surface area contributed by atoms with Crippen LogP contribution in [0.1, 0.15) is 12.8 Å². The van der Waals surface area contributed by atoms with Crippen molar-refractivity contribution in [3.63, 3.8) is 0 Å². The summed E-state index contributed by atoms with van der Waals surface area (Å²) in [6.45, 7) is 1.82. The number of anilines is 2. The Labute approximate surface area is 197 Å². The van der Waals surface area contributed by atoms with Gasteiger partial charge in [-0.2, -0.15) is 5.10 Å². The number of nitrogens with zero attached hydrogens (tertiary/aromatic N) is 4. The van der Waals surface area contributed by atoms with E-state index in [9.17, 15) is 8.42 Å². The molecule has 0 bridgehead atoms. The minimum Gasteiger partial charge on any atom is -0.487 e. The molecule has 0 aliphatic carbocycles. The van der Waals surface area contributed by atoms with Crippen molar-refractivity contribution in [2.75, 3.05) is 18.4 Å². The van der Waals surface area contributed by atoms with E-state index in [0.29, 0.717) is 22.9 Å². The minimum atomic E-state index is -3.76. The standard InChI is InChI=1S/C23H25N7O3S/c1-30-14-16(13-27-30)20-7-2-15-12-26-23(28-17-3-5-19(6-4-17)34(24,31)32)29-21(15)22(20)33-18-8-10-25-11-9-18/h2-7,12-14,18,25H,8-11H2,1H3,(H2,24,31,32)(H,26,28,29). The molecule has 1 fully saturated rings. The van der Waals surface area contributed by atoms with Gasteiger partial charge in [0, 0.05) is 41.6 Å². The lowest BCUT2D eigenvalue weighted by atomic mass is 10.0. The van der Waals surface area contributed by atoms with Crippen LogP contribution in [0.25, 0.3) is 22.0 Å². The van der Waals surface area contributed by atoms with E-state index in [-0.39, 0.29) is 11.0 Å². The highest BCUT2D eigenvalue weighted by molar-refractivity contribution is 7.89.